The summed E-state index contributed by atoms with van der Waals surface area (Å²) < 4.78 is 7.16. The highest BCUT2D eigenvalue weighted by Gasteiger charge is 2.39. The van der Waals surface area contributed by atoms with Crippen LogP contribution in [0.15, 0.2) is 6.20 Å². The van der Waals surface area contributed by atoms with Gasteiger partial charge in [-0.3, -0.25) is 9.48 Å². The standard InChI is InChI=1S/C16H26N2O2/c1-5-10-18-14(13(20-4)11-17-18)15(19)12-8-6-7-9-16(12,2)3/h11-12H,5-10H2,1-4H3. The quantitative estimate of drug-likeness (QED) is 0.771. The molecule has 1 aliphatic carbocycles. The first-order chi connectivity index (χ1) is 9.51. The Balaban J connectivity index is 2.34. The smallest absolute Gasteiger partial charge is 0.188 e. The van der Waals surface area contributed by atoms with Gasteiger partial charge in [-0.15, -0.1) is 0 Å². The molecule has 1 aliphatic rings. The van der Waals surface area contributed by atoms with Crippen molar-refractivity contribution in [3.8, 4) is 5.75 Å². The highest BCUT2D eigenvalue weighted by molar-refractivity contribution is 5.99. The maximum absolute atomic E-state index is 13.0. The number of ketones is 1. The number of methoxy groups -OCH3 is 1. The fraction of sp³-hybridized carbons (Fsp3) is 0.750. The van der Waals surface area contributed by atoms with E-state index in [-0.39, 0.29) is 17.1 Å². The van der Waals surface area contributed by atoms with Crippen molar-refractivity contribution in [2.75, 3.05) is 7.11 Å². The summed E-state index contributed by atoms with van der Waals surface area (Å²) in [5.41, 5.74) is 0.733. The minimum absolute atomic E-state index is 0.0711. The summed E-state index contributed by atoms with van der Waals surface area (Å²) in [6, 6.07) is 0. The van der Waals surface area contributed by atoms with E-state index in [9.17, 15) is 4.79 Å². The first kappa shape index (κ1) is 15.1. The average Bonchev–Trinajstić information content (AvgIpc) is 2.81. The molecule has 1 heterocycles. The van der Waals surface area contributed by atoms with E-state index in [2.05, 4.69) is 25.9 Å². The van der Waals surface area contributed by atoms with Gasteiger partial charge in [0, 0.05) is 12.5 Å². The third-order valence-corrected chi connectivity index (χ3v) is 4.52. The average molecular weight is 278 g/mol. The van der Waals surface area contributed by atoms with Crippen LogP contribution in [0.1, 0.15) is 63.4 Å². The molecule has 0 aliphatic heterocycles. The van der Waals surface area contributed by atoms with Gasteiger partial charge in [0.1, 0.15) is 5.69 Å². The van der Waals surface area contributed by atoms with Gasteiger partial charge >= 0.3 is 0 Å². The van der Waals surface area contributed by atoms with E-state index in [1.807, 2.05) is 4.68 Å². The Morgan fingerprint density at radius 2 is 2.25 bits per heavy atom. The molecule has 1 fully saturated rings. The number of hydrogen-bond donors (Lipinski definition) is 0. The van der Waals surface area contributed by atoms with E-state index >= 15 is 0 Å². The molecule has 2 rings (SSSR count). The lowest BCUT2D eigenvalue weighted by molar-refractivity contribution is 0.0682. The summed E-state index contributed by atoms with van der Waals surface area (Å²) in [7, 11) is 1.61. The number of nitrogens with zero attached hydrogens (tertiary/aromatic N) is 2. The van der Waals surface area contributed by atoms with Gasteiger partial charge in [0.05, 0.1) is 13.3 Å². The molecule has 4 nitrogen and oxygen atoms in total. The molecule has 0 radical (unpaired) electrons. The normalized spacial score (nSPS) is 21.7. The largest absolute Gasteiger partial charge is 0.493 e. The first-order valence-electron chi connectivity index (χ1n) is 7.65. The van der Waals surface area contributed by atoms with Crippen LogP contribution in [0.25, 0.3) is 0 Å². The van der Waals surface area contributed by atoms with Crippen molar-refractivity contribution in [3.05, 3.63) is 11.9 Å². The molecule has 0 aromatic carbocycles. The van der Waals surface area contributed by atoms with Gasteiger partial charge in [-0.25, -0.2) is 0 Å². The second-order valence-electron chi connectivity index (χ2n) is 6.44. The second-order valence-corrected chi connectivity index (χ2v) is 6.44. The van der Waals surface area contributed by atoms with Crippen LogP contribution in [0.5, 0.6) is 5.75 Å². The third kappa shape index (κ3) is 2.74. The summed E-state index contributed by atoms with van der Waals surface area (Å²) in [6.07, 6.45) is 7.09. The van der Waals surface area contributed by atoms with Gasteiger partial charge in [0.2, 0.25) is 0 Å². The maximum Gasteiger partial charge on any atom is 0.188 e. The van der Waals surface area contributed by atoms with E-state index in [4.69, 9.17) is 4.74 Å². The zero-order chi connectivity index (χ0) is 14.8. The Bertz CT molecular complexity index is 477. The van der Waals surface area contributed by atoms with Crippen LogP contribution in [0.2, 0.25) is 0 Å². The highest BCUT2D eigenvalue weighted by Crippen LogP contribution is 2.43. The molecule has 0 amide bonds. The minimum atomic E-state index is 0.0711. The molecule has 20 heavy (non-hydrogen) atoms. The van der Waals surface area contributed by atoms with Crippen LogP contribution in [0.3, 0.4) is 0 Å². The second kappa shape index (κ2) is 5.98. The minimum Gasteiger partial charge on any atom is -0.493 e. The van der Waals surface area contributed by atoms with E-state index in [1.54, 1.807) is 13.3 Å². The number of carbonyl (C=O) groups is 1. The van der Waals surface area contributed by atoms with Crippen molar-refractivity contribution in [1.82, 2.24) is 9.78 Å². The molecule has 1 aromatic rings. The van der Waals surface area contributed by atoms with Gasteiger partial charge in [-0.1, -0.05) is 33.6 Å². The van der Waals surface area contributed by atoms with Gasteiger partial charge in [0.25, 0.3) is 0 Å². The van der Waals surface area contributed by atoms with Gasteiger partial charge in [-0.05, 0) is 24.7 Å². The Morgan fingerprint density at radius 1 is 1.50 bits per heavy atom. The van der Waals surface area contributed by atoms with Crippen molar-refractivity contribution >= 4 is 5.78 Å². The van der Waals surface area contributed by atoms with Crippen LogP contribution in [-0.4, -0.2) is 22.7 Å². The molecule has 0 saturated heterocycles. The predicted octanol–water partition coefficient (Wildman–Crippen LogP) is 3.70. The summed E-state index contributed by atoms with van der Waals surface area (Å²) in [6.45, 7) is 7.27. The third-order valence-electron chi connectivity index (χ3n) is 4.52. The summed E-state index contributed by atoms with van der Waals surface area (Å²) in [5, 5.41) is 4.31. The van der Waals surface area contributed by atoms with Crippen molar-refractivity contribution in [2.24, 2.45) is 11.3 Å². The molecular formula is C16H26N2O2. The fourth-order valence-electron chi connectivity index (χ4n) is 3.29. The fourth-order valence-corrected chi connectivity index (χ4v) is 3.29. The molecule has 1 atom stereocenters. The van der Waals surface area contributed by atoms with Gasteiger partial charge in [-0.2, -0.15) is 5.10 Å². The summed E-state index contributed by atoms with van der Waals surface area (Å²) in [4.78, 5) is 13.0. The van der Waals surface area contributed by atoms with Crippen LogP contribution in [0.4, 0.5) is 0 Å². The molecule has 0 bridgehead atoms. The van der Waals surface area contributed by atoms with Gasteiger partial charge < -0.3 is 4.74 Å². The maximum atomic E-state index is 13.0. The van der Waals surface area contributed by atoms with Crippen LogP contribution < -0.4 is 4.74 Å². The van der Waals surface area contributed by atoms with Crippen LogP contribution in [-0.2, 0) is 6.54 Å². The number of Topliss-reactive ketones (excluding diaryl/α,β-unsaturated/α-hetero) is 1. The molecule has 1 aromatic heterocycles. The van der Waals surface area contributed by atoms with Gasteiger partial charge in [0.15, 0.2) is 11.5 Å². The van der Waals surface area contributed by atoms with Crippen molar-refractivity contribution in [3.63, 3.8) is 0 Å². The SMILES string of the molecule is CCCn1ncc(OC)c1C(=O)C1CCCCC1(C)C. The molecule has 1 unspecified atom stereocenters. The van der Waals surface area contributed by atoms with Crippen molar-refractivity contribution in [2.45, 2.75) is 59.4 Å². The molecule has 0 N–H and O–H groups in total. The Labute approximate surface area is 121 Å². The first-order valence-corrected chi connectivity index (χ1v) is 7.65. The molecule has 0 spiro atoms. The van der Waals surface area contributed by atoms with Crippen LogP contribution in [0, 0.1) is 11.3 Å². The summed E-state index contributed by atoms with van der Waals surface area (Å²) in [5.74, 6) is 0.903. The molecular weight excluding hydrogens is 252 g/mol. The molecule has 4 heteroatoms. The van der Waals surface area contributed by atoms with E-state index in [0.717, 1.165) is 32.2 Å². The number of carbonyl (C=O) groups excluding carboxylic acids is 1. The Hall–Kier alpha value is -1.32. The molecule has 112 valence electrons. The molecule has 1 saturated carbocycles. The van der Waals surface area contributed by atoms with E-state index in [0.29, 0.717) is 11.4 Å². The zero-order valence-electron chi connectivity index (χ0n) is 13.1. The number of ether oxygens (including phenoxy) is 1. The zero-order valence-corrected chi connectivity index (χ0v) is 13.1. The lowest BCUT2D eigenvalue weighted by Crippen LogP contribution is -2.35. The highest BCUT2D eigenvalue weighted by atomic mass is 16.5. The lowest BCUT2D eigenvalue weighted by atomic mass is 9.66. The van der Waals surface area contributed by atoms with E-state index in [1.165, 1.54) is 6.42 Å². The number of aromatic nitrogens is 2. The number of hydrogen-bond acceptors (Lipinski definition) is 3. The van der Waals surface area contributed by atoms with Crippen molar-refractivity contribution < 1.29 is 9.53 Å². The van der Waals surface area contributed by atoms with Crippen LogP contribution >= 0.6 is 0 Å². The monoisotopic (exact) mass is 278 g/mol. The predicted molar refractivity (Wildman–Crippen MR) is 79.1 cm³/mol. The number of rotatable bonds is 5. The lowest BCUT2D eigenvalue weighted by Gasteiger charge is -2.37. The Morgan fingerprint density at radius 3 is 2.85 bits per heavy atom. The van der Waals surface area contributed by atoms with Crippen molar-refractivity contribution in [1.29, 1.82) is 0 Å². The van der Waals surface area contributed by atoms with E-state index < -0.39 is 0 Å². The topological polar surface area (TPSA) is 44.1 Å². The number of aryl methyl sites for hydroxylation is 1. The Kier molecular flexibility index (Phi) is 4.51. The summed E-state index contributed by atoms with van der Waals surface area (Å²) >= 11 is 0.